The summed E-state index contributed by atoms with van der Waals surface area (Å²) in [6.07, 6.45) is 0. The summed E-state index contributed by atoms with van der Waals surface area (Å²) in [6.45, 7) is 0. The molecule has 0 aliphatic heterocycles. The zero-order valence-electron chi connectivity index (χ0n) is 8.10. The molecule has 86 valence electrons. The number of nitrogens with one attached hydrogen (secondary N) is 1. The lowest BCUT2D eigenvalue weighted by Crippen LogP contribution is -2.37. The van der Waals surface area contributed by atoms with Crippen LogP contribution in [0.1, 0.15) is 0 Å². The molecule has 5 nitrogen and oxygen atoms in total. The standard InChI is InChI=1S/C9H9FN2O3S/c10-6-2-1-3-7(4-6)16(15)5-8(13)12-9(11)14/h1-4H,5H2,(H3,11,12,13,14). The van der Waals surface area contributed by atoms with E-state index in [1.54, 1.807) is 5.32 Å². The Morgan fingerprint density at radius 2 is 2.12 bits per heavy atom. The summed E-state index contributed by atoms with van der Waals surface area (Å²) in [7, 11) is -1.70. The van der Waals surface area contributed by atoms with Crippen LogP contribution in [0.4, 0.5) is 9.18 Å². The number of benzene rings is 1. The molecular weight excluding hydrogens is 235 g/mol. The molecular formula is C9H9FN2O3S. The molecule has 0 saturated heterocycles. The van der Waals surface area contributed by atoms with Gasteiger partial charge in [-0.15, -0.1) is 0 Å². The van der Waals surface area contributed by atoms with E-state index in [9.17, 15) is 18.2 Å². The van der Waals surface area contributed by atoms with Gasteiger partial charge in [0.1, 0.15) is 11.6 Å². The highest BCUT2D eigenvalue weighted by molar-refractivity contribution is 7.85. The van der Waals surface area contributed by atoms with Gasteiger partial charge < -0.3 is 5.73 Å². The molecule has 0 radical (unpaired) electrons. The third-order valence-corrected chi connectivity index (χ3v) is 2.89. The highest BCUT2D eigenvalue weighted by Crippen LogP contribution is 2.08. The number of urea groups is 1. The van der Waals surface area contributed by atoms with Crippen LogP contribution < -0.4 is 11.1 Å². The third kappa shape index (κ3) is 3.77. The van der Waals surface area contributed by atoms with Crippen molar-refractivity contribution in [2.75, 3.05) is 5.75 Å². The SMILES string of the molecule is NC(=O)NC(=O)CS(=O)c1cccc(F)c1. The Balaban J connectivity index is 2.66. The van der Waals surface area contributed by atoms with Gasteiger partial charge in [0.25, 0.3) is 0 Å². The van der Waals surface area contributed by atoms with Crippen molar-refractivity contribution in [1.82, 2.24) is 5.32 Å². The first-order valence-electron chi connectivity index (χ1n) is 4.22. The van der Waals surface area contributed by atoms with Gasteiger partial charge in [-0.25, -0.2) is 9.18 Å². The summed E-state index contributed by atoms with van der Waals surface area (Å²) >= 11 is 0. The zero-order valence-corrected chi connectivity index (χ0v) is 8.92. The van der Waals surface area contributed by atoms with E-state index in [0.717, 1.165) is 6.07 Å². The summed E-state index contributed by atoms with van der Waals surface area (Å²) in [4.78, 5) is 21.5. The van der Waals surface area contributed by atoms with Crippen LogP contribution in [0.5, 0.6) is 0 Å². The Morgan fingerprint density at radius 3 is 2.69 bits per heavy atom. The summed E-state index contributed by atoms with van der Waals surface area (Å²) in [5.74, 6) is -1.75. The molecule has 0 fully saturated rings. The second kappa shape index (κ2) is 5.36. The molecule has 7 heteroatoms. The quantitative estimate of drug-likeness (QED) is 0.791. The van der Waals surface area contributed by atoms with Crippen LogP contribution in [0.2, 0.25) is 0 Å². The minimum Gasteiger partial charge on any atom is -0.351 e. The maximum Gasteiger partial charge on any atom is 0.318 e. The topological polar surface area (TPSA) is 89.3 Å². The van der Waals surface area contributed by atoms with Crippen molar-refractivity contribution < 1.29 is 18.2 Å². The lowest BCUT2D eigenvalue weighted by atomic mass is 10.4. The predicted molar refractivity (Wildman–Crippen MR) is 55.4 cm³/mol. The molecule has 1 rings (SSSR count). The molecule has 0 aliphatic rings. The van der Waals surface area contributed by atoms with Gasteiger partial charge in [-0.3, -0.25) is 14.3 Å². The van der Waals surface area contributed by atoms with Crippen LogP contribution in [-0.4, -0.2) is 21.9 Å². The molecule has 3 amide bonds. The fraction of sp³-hybridized carbons (Fsp3) is 0.111. The first-order valence-corrected chi connectivity index (χ1v) is 5.54. The van der Waals surface area contributed by atoms with E-state index in [4.69, 9.17) is 5.73 Å². The second-order valence-corrected chi connectivity index (χ2v) is 4.31. The number of hydrogen-bond donors (Lipinski definition) is 2. The first-order chi connectivity index (χ1) is 7.49. The average molecular weight is 244 g/mol. The average Bonchev–Trinajstić information content (AvgIpc) is 2.16. The monoisotopic (exact) mass is 244 g/mol. The maximum atomic E-state index is 12.8. The van der Waals surface area contributed by atoms with Gasteiger partial charge in [0.05, 0.1) is 10.8 Å². The van der Waals surface area contributed by atoms with Crippen LogP contribution in [0.25, 0.3) is 0 Å². The van der Waals surface area contributed by atoms with Crippen LogP contribution in [-0.2, 0) is 15.6 Å². The summed E-state index contributed by atoms with van der Waals surface area (Å²) < 4.78 is 24.3. The fourth-order valence-electron chi connectivity index (χ4n) is 0.985. The summed E-state index contributed by atoms with van der Waals surface area (Å²) in [6, 6.07) is 4.06. The minimum atomic E-state index is -1.70. The number of hydrogen-bond acceptors (Lipinski definition) is 3. The molecule has 0 saturated carbocycles. The minimum absolute atomic E-state index is 0.180. The largest absolute Gasteiger partial charge is 0.351 e. The molecule has 16 heavy (non-hydrogen) atoms. The Kier molecular flexibility index (Phi) is 4.12. The van der Waals surface area contributed by atoms with Crippen LogP contribution >= 0.6 is 0 Å². The van der Waals surface area contributed by atoms with Crippen LogP contribution in [0.15, 0.2) is 29.2 Å². The lowest BCUT2D eigenvalue weighted by Gasteiger charge is -2.02. The number of imide groups is 1. The number of rotatable bonds is 3. The van der Waals surface area contributed by atoms with Crippen molar-refractivity contribution in [2.24, 2.45) is 5.73 Å². The van der Waals surface area contributed by atoms with Crippen molar-refractivity contribution in [1.29, 1.82) is 0 Å². The van der Waals surface area contributed by atoms with Crippen molar-refractivity contribution >= 4 is 22.7 Å². The van der Waals surface area contributed by atoms with E-state index in [2.05, 4.69) is 0 Å². The van der Waals surface area contributed by atoms with Crippen molar-refractivity contribution in [3.63, 3.8) is 0 Å². The molecule has 1 aromatic carbocycles. The van der Waals surface area contributed by atoms with E-state index in [1.165, 1.54) is 18.2 Å². The van der Waals surface area contributed by atoms with Gasteiger partial charge in [-0.05, 0) is 18.2 Å². The molecule has 3 N–H and O–H groups in total. The molecule has 0 bridgehead atoms. The zero-order chi connectivity index (χ0) is 12.1. The van der Waals surface area contributed by atoms with Crippen LogP contribution in [0.3, 0.4) is 0 Å². The Morgan fingerprint density at radius 1 is 1.44 bits per heavy atom. The lowest BCUT2D eigenvalue weighted by molar-refractivity contribution is -0.117. The Labute approximate surface area is 93.3 Å². The van der Waals surface area contributed by atoms with Crippen molar-refractivity contribution in [3.8, 4) is 0 Å². The number of carbonyl (C=O) groups is 2. The van der Waals surface area contributed by atoms with E-state index in [0.29, 0.717) is 0 Å². The molecule has 1 unspecified atom stereocenters. The maximum absolute atomic E-state index is 12.8. The molecule has 0 aliphatic carbocycles. The van der Waals surface area contributed by atoms with Gasteiger partial charge in [-0.2, -0.15) is 0 Å². The fourth-order valence-corrected chi connectivity index (χ4v) is 1.94. The number of amides is 3. The molecule has 1 aromatic rings. The van der Waals surface area contributed by atoms with Gasteiger partial charge in [0, 0.05) is 4.90 Å². The number of halogens is 1. The molecule has 0 aromatic heterocycles. The molecule has 1 atom stereocenters. The van der Waals surface area contributed by atoms with Crippen molar-refractivity contribution in [3.05, 3.63) is 30.1 Å². The van der Waals surface area contributed by atoms with Gasteiger partial charge >= 0.3 is 6.03 Å². The van der Waals surface area contributed by atoms with E-state index in [1.807, 2.05) is 0 Å². The highest BCUT2D eigenvalue weighted by atomic mass is 32.2. The van der Waals surface area contributed by atoms with Gasteiger partial charge in [0.15, 0.2) is 0 Å². The molecule has 0 heterocycles. The second-order valence-electron chi connectivity index (χ2n) is 2.86. The summed E-state index contributed by atoms with van der Waals surface area (Å²) in [5.41, 5.74) is 4.70. The van der Waals surface area contributed by atoms with E-state index in [-0.39, 0.29) is 4.90 Å². The summed E-state index contributed by atoms with van der Waals surface area (Å²) in [5, 5.41) is 1.77. The normalized spacial score (nSPS) is 11.8. The highest BCUT2D eigenvalue weighted by Gasteiger charge is 2.11. The van der Waals surface area contributed by atoms with Crippen molar-refractivity contribution in [2.45, 2.75) is 4.90 Å². The van der Waals surface area contributed by atoms with Gasteiger partial charge in [0.2, 0.25) is 5.91 Å². The number of primary amides is 1. The van der Waals surface area contributed by atoms with Crippen LogP contribution in [0, 0.1) is 5.82 Å². The Hall–Kier alpha value is -1.76. The smallest absolute Gasteiger partial charge is 0.318 e. The van der Waals surface area contributed by atoms with E-state index < -0.39 is 34.3 Å². The third-order valence-electron chi connectivity index (χ3n) is 1.58. The van der Waals surface area contributed by atoms with E-state index >= 15 is 0 Å². The number of carbonyl (C=O) groups excluding carboxylic acids is 2. The number of nitrogens with two attached hydrogens (primary N) is 1. The Bertz CT molecular complexity index is 450. The van der Waals surface area contributed by atoms with Gasteiger partial charge in [-0.1, -0.05) is 6.07 Å². The first kappa shape index (κ1) is 12.3. The molecule has 0 spiro atoms. The predicted octanol–water partition coefficient (Wildman–Crippen LogP) is 0.128.